The Morgan fingerprint density at radius 1 is 1.08 bits per heavy atom. The number of amides is 2. The second kappa shape index (κ2) is 6.11. The number of hydrogen-bond donors (Lipinski definition) is 2. The number of aromatic carboxylic acids is 1. The summed E-state index contributed by atoms with van der Waals surface area (Å²) in [7, 11) is 0. The minimum Gasteiger partial charge on any atom is -0.478 e. The van der Waals surface area contributed by atoms with Gasteiger partial charge in [0.25, 0.3) is 5.91 Å². The lowest BCUT2D eigenvalue weighted by Gasteiger charge is -2.16. The Morgan fingerprint density at radius 3 is 2.29 bits per heavy atom. The maximum absolute atomic E-state index is 13.0. The van der Waals surface area contributed by atoms with Gasteiger partial charge in [-0.25, -0.2) is 14.1 Å². The number of imide groups is 1. The van der Waals surface area contributed by atoms with E-state index in [-0.39, 0.29) is 17.9 Å². The fraction of sp³-hybridized carbons (Fsp3) is 0.118. The number of anilines is 2. The second-order valence-corrected chi connectivity index (χ2v) is 5.33. The Labute approximate surface area is 136 Å². The molecule has 0 bridgehead atoms. The zero-order valence-corrected chi connectivity index (χ0v) is 12.4. The van der Waals surface area contributed by atoms with Crippen LogP contribution in [0.3, 0.4) is 0 Å². The van der Waals surface area contributed by atoms with Gasteiger partial charge in [0.1, 0.15) is 11.9 Å². The van der Waals surface area contributed by atoms with Crippen molar-refractivity contribution in [3.8, 4) is 0 Å². The molecule has 3 rings (SSSR count). The van der Waals surface area contributed by atoms with Gasteiger partial charge in [-0.15, -0.1) is 0 Å². The van der Waals surface area contributed by atoms with E-state index >= 15 is 0 Å². The van der Waals surface area contributed by atoms with Crippen LogP contribution in [0.25, 0.3) is 0 Å². The molecule has 1 heterocycles. The molecule has 2 aromatic carbocycles. The largest absolute Gasteiger partial charge is 0.478 e. The van der Waals surface area contributed by atoms with E-state index in [0.29, 0.717) is 11.4 Å². The Bertz CT molecular complexity index is 802. The maximum atomic E-state index is 13.0. The number of carbonyl (C=O) groups excluding carboxylic acids is 2. The third-order valence-corrected chi connectivity index (χ3v) is 3.70. The molecule has 6 nitrogen and oxygen atoms in total. The predicted octanol–water partition coefficient (Wildman–Crippen LogP) is 2.27. The van der Waals surface area contributed by atoms with Gasteiger partial charge < -0.3 is 10.4 Å². The van der Waals surface area contributed by atoms with E-state index in [9.17, 15) is 18.8 Å². The van der Waals surface area contributed by atoms with Gasteiger partial charge in [-0.1, -0.05) is 0 Å². The molecule has 24 heavy (non-hydrogen) atoms. The number of benzene rings is 2. The summed E-state index contributed by atoms with van der Waals surface area (Å²) in [4.78, 5) is 36.4. The minimum absolute atomic E-state index is 0.0309. The number of hydrogen-bond acceptors (Lipinski definition) is 4. The van der Waals surface area contributed by atoms with Crippen molar-refractivity contribution in [3.05, 3.63) is 59.9 Å². The third kappa shape index (κ3) is 2.96. The molecule has 1 aliphatic rings. The summed E-state index contributed by atoms with van der Waals surface area (Å²) in [6.07, 6.45) is -0.0309. The zero-order valence-electron chi connectivity index (χ0n) is 12.4. The van der Waals surface area contributed by atoms with E-state index in [4.69, 9.17) is 5.11 Å². The molecule has 1 saturated heterocycles. The van der Waals surface area contributed by atoms with Crippen LogP contribution in [0.5, 0.6) is 0 Å². The number of nitrogens with one attached hydrogen (secondary N) is 1. The predicted molar refractivity (Wildman–Crippen MR) is 84.3 cm³/mol. The Kier molecular flexibility index (Phi) is 3.99. The molecule has 2 aromatic rings. The number of carboxylic acid groups (broad SMARTS) is 1. The first-order chi connectivity index (χ1) is 11.5. The third-order valence-electron chi connectivity index (χ3n) is 3.70. The highest BCUT2D eigenvalue weighted by Crippen LogP contribution is 2.25. The van der Waals surface area contributed by atoms with Gasteiger partial charge in [-0.3, -0.25) is 9.59 Å². The van der Waals surface area contributed by atoms with Crippen molar-refractivity contribution in [2.24, 2.45) is 0 Å². The standard InChI is InChI=1S/C17H13FN2O4/c18-11-3-7-13(8-4-11)20-15(21)9-14(16(20)22)19-12-5-1-10(2-6-12)17(23)24/h1-8,14,19H,9H2,(H,23,24)/t14-/m0/s1. The van der Waals surface area contributed by atoms with Gasteiger partial charge in [0.2, 0.25) is 5.91 Å². The summed E-state index contributed by atoms with van der Waals surface area (Å²) in [5.41, 5.74) is 0.978. The van der Waals surface area contributed by atoms with Crippen molar-refractivity contribution in [1.29, 1.82) is 0 Å². The molecule has 2 N–H and O–H groups in total. The number of halogens is 1. The van der Waals surface area contributed by atoms with Gasteiger partial charge in [-0.05, 0) is 48.5 Å². The highest BCUT2D eigenvalue weighted by Gasteiger charge is 2.39. The molecule has 1 fully saturated rings. The number of carboxylic acids is 1. The first-order valence-electron chi connectivity index (χ1n) is 7.18. The monoisotopic (exact) mass is 328 g/mol. The molecule has 1 atom stereocenters. The van der Waals surface area contributed by atoms with E-state index < -0.39 is 23.7 Å². The van der Waals surface area contributed by atoms with E-state index in [2.05, 4.69) is 5.32 Å². The lowest BCUT2D eigenvalue weighted by Crippen LogP contribution is -2.34. The second-order valence-electron chi connectivity index (χ2n) is 5.33. The molecule has 0 aromatic heterocycles. The van der Waals surface area contributed by atoms with Crippen LogP contribution in [-0.2, 0) is 9.59 Å². The Balaban J connectivity index is 1.76. The van der Waals surface area contributed by atoms with E-state index in [1.807, 2.05) is 0 Å². The normalized spacial score (nSPS) is 17.2. The van der Waals surface area contributed by atoms with Crippen molar-refractivity contribution < 1.29 is 23.9 Å². The summed E-state index contributed by atoms with van der Waals surface area (Å²) in [5.74, 6) is -2.32. The Hall–Kier alpha value is -3.22. The van der Waals surface area contributed by atoms with Crippen LogP contribution in [0.15, 0.2) is 48.5 Å². The first kappa shape index (κ1) is 15.7. The van der Waals surface area contributed by atoms with Crippen molar-refractivity contribution in [3.63, 3.8) is 0 Å². The molecule has 0 spiro atoms. The van der Waals surface area contributed by atoms with Crippen LogP contribution in [0, 0.1) is 5.82 Å². The lowest BCUT2D eigenvalue weighted by molar-refractivity contribution is -0.121. The molecule has 122 valence electrons. The molecule has 7 heteroatoms. The molecule has 1 aliphatic heterocycles. The van der Waals surface area contributed by atoms with Gasteiger partial charge in [0, 0.05) is 5.69 Å². The average molecular weight is 328 g/mol. The van der Waals surface area contributed by atoms with Crippen molar-refractivity contribution in [2.45, 2.75) is 12.5 Å². The fourth-order valence-electron chi connectivity index (χ4n) is 2.52. The van der Waals surface area contributed by atoms with Gasteiger partial charge in [0.05, 0.1) is 17.7 Å². The van der Waals surface area contributed by atoms with Crippen LogP contribution >= 0.6 is 0 Å². The van der Waals surface area contributed by atoms with Crippen LogP contribution in [0.1, 0.15) is 16.8 Å². The van der Waals surface area contributed by atoms with E-state index in [1.165, 1.54) is 48.5 Å². The van der Waals surface area contributed by atoms with Gasteiger partial charge >= 0.3 is 5.97 Å². The molecule has 0 radical (unpaired) electrons. The minimum atomic E-state index is -1.05. The quantitative estimate of drug-likeness (QED) is 0.841. The van der Waals surface area contributed by atoms with Crippen LogP contribution < -0.4 is 10.2 Å². The summed E-state index contributed by atoms with van der Waals surface area (Å²) < 4.78 is 13.0. The Morgan fingerprint density at radius 2 is 1.71 bits per heavy atom. The molecule has 0 unspecified atom stereocenters. The molecule has 2 amide bonds. The van der Waals surface area contributed by atoms with Crippen LogP contribution in [0.2, 0.25) is 0 Å². The summed E-state index contributed by atoms with van der Waals surface area (Å²) in [5, 5.41) is 11.8. The van der Waals surface area contributed by atoms with Crippen molar-refractivity contribution >= 4 is 29.2 Å². The maximum Gasteiger partial charge on any atom is 0.335 e. The zero-order chi connectivity index (χ0) is 17.3. The molecule has 0 aliphatic carbocycles. The average Bonchev–Trinajstić information content (AvgIpc) is 2.83. The number of rotatable bonds is 4. The van der Waals surface area contributed by atoms with E-state index in [0.717, 1.165) is 4.90 Å². The summed E-state index contributed by atoms with van der Waals surface area (Å²) in [6, 6.07) is 10.2. The molecule has 0 saturated carbocycles. The van der Waals surface area contributed by atoms with Crippen LogP contribution in [-0.4, -0.2) is 28.9 Å². The van der Waals surface area contributed by atoms with Gasteiger partial charge in [-0.2, -0.15) is 0 Å². The lowest BCUT2D eigenvalue weighted by atomic mass is 10.2. The topological polar surface area (TPSA) is 86.7 Å². The molecular weight excluding hydrogens is 315 g/mol. The van der Waals surface area contributed by atoms with Crippen molar-refractivity contribution in [2.75, 3.05) is 10.2 Å². The van der Waals surface area contributed by atoms with Gasteiger partial charge in [0.15, 0.2) is 0 Å². The highest BCUT2D eigenvalue weighted by atomic mass is 19.1. The summed E-state index contributed by atoms with van der Waals surface area (Å²) >= 11 is 0. The number of carbonyl (C=O) groups is 3. The van der Waals surface area contributed by atoms with Crippen LogP contribution in [0.4, 0.5) is 15.8 Å². The van der Waals surface area contributed by atoms with E-state index in [1.54, 1.807) is 0 Å². The summed E-state index contributed by atoms with van der Waals surface area (Å²) in [6.45, 7) is 0. The fourth-order valence-corrected chi connectivity index (χ4v) is 2.52. The first-order valence-corrected chi connectivity index (χ1v) is 7.18. The molecular formula is C17H13FN2O4. The smallest absolute Gasteiger partial charge is 0.335 e. The highest BCUT2D eigenvalue weighted by molar-refractivity contribution is 6.23. The van der Waals surface area contributed by atoms with Crippen molar-refractivity contribution in [1.82, 2.24) is 0 Å². The number of nitrogens with zero attached hydrogens (tertiary/aromatic N) is 1. The SMILES string of the molecule is O=C(O)c1ccc(N[C@H]2CC(=O)N(c3ccc(F)cc3)C2=O)cc1.